The Hall–Kier alpha value is -2.41. The van der Waals surface area contributed by atoms with Gasteiger partial charge < -0.3 is 15.5 Å². The fraction of sp³-hybridized carbons (Fsp3) is 0.476. The molecule has 0 spiro atoms. The number of aryl methyl sites for hydroxylation is 1. The van der Waals surface area contributed by atoms with Crippen LogP contribution >= 0.6 is 11.3 Å². The van der Waals surface area contributed by atoms with Crippen molar-refractivity contribution >= 4 is 34.0 Å². The molecule has 1 saturated carbocycles. The van der Waals surface area contributed by atoms with Crippen LogP contribution in [-0.2, 0) is 4.79 Å². The molecule has 1 heterocycles. The van der Waals surface area contributed by atoms with Crippen molar-refractivity contribution in [3.05, 3.63) is 40.9 Å². The average molecular weight is 401 g/mol. The first kappa shape index (κ1) is 20.3. The van der Waals surface area contributed by atoms with Gasteiger partial charge in [-0.25, -0.2) is 4.98 Å². The van der Waals surface area contributed by atoms with Crippen LogP contribution in [-0.4, -0.2) is 40.3 Å². The number of carbonyl (C=O) groups is 2. The molecule has 1 atom stereocenters. The highest BCUT2D eigenvalue weighted by molar-refractivity contribution is 7.14. The van der Waals surface area contributed by atoms with Gasteiger partial charge in [-0.3, -0.25) is 9.59 Å². The third-order valence-electron chi connectivity index (χ3n) is 4.84. The molecule has 2 amide bonds. The van der Waals surface area contributed by atoms with Gasteiger partial charge in [-0.15, -0.1) is 11.3 Å². The predicted molar refractivity (Wildman–Crippen MR) is 113 cm³/mol. The maximum Gasteiger partial charge on any atom is 0.273 e. The van der Waals surface area contributed by atoms with E-state index in [0.717, 1.165) is 30.5 Å². The zero-order valence-corrected chi connectivity index (χ0v) is 17.5. The summed E-state index contributed by atoms with van der Waals surface area (Å²) in [4.78, 5) is 31.3. The Balaban J connectivity index is 1.61. The largest absolute Gasteiger partial charge is 0.354 e. The highest BCUT2D eigenvalue weighted by Gasteiger charge is 2.34. The van der Waals surface area contributed by atoms with Gasteiger partial charge in [0.05, 0.1) is 0 Å². The summed E-state index contributed by atoms with van der Waals surface area (Å²) in [6.07, 6.45) is 3.21. The van der Waals surface area contributed by atoms with Crippen molar-refractivity contribution in [1.82, 2.24) is 15.2 Å². The molecule has 2 aromatic rings. The molecule has 1 aliphatic carbocycles. The number of rotatable bonds is 9. The van der Waals surface area contributed by atoms with Crippen molar-refractivity contribution in [2.24, 2.45) is 0 Å². The van der Waals surface area contributed by atoms with E-state index in [0.29, 0.717) is 23.8 Å². The Morgan fingerprint density at radius 3 is 2.82 bits per heavy atom. The van der Waals surface area contributed by atoms with Crippen molar-refractivity contribution in [3.8, 4) is 0 Å². The standard InChI is InChI=1S/C21H28N4O2S/c1-4-15(3)22-19(26)10-11-25(17-8-9-17)20(27)18-13-28-21(24-18)23-16-7-5-6-14(2)12-16/h5-7,12-13,15,17H,4,8-11H2,1-3H3,(H,22,26)(H,23,24). The summed E-state index contributed by atoms with van der Waals surface area (Å²) in [6.45, 7) is 6.49. The van der Waals surface area contributed by atoms with E-state index in [1.165, 1.54) is 11.3 Å². The summed E-state index contributed by atoms with van der Waals surface area (Å²) in [5, 5.41) is 8.69. The second-order valence-corrected chi connectivity index (χ2v) is 8.25. The van der Waals surface area contributed by atoms with Gasteiger partial charge in [0.2, 0.25) is 5.91 Å². The second-order valence-electron chi connectivity index (χ2n) is 7.39. The van der Waals surface area contributed by atoms with E-state index in [1.54, 1.807) is 5.38 Å². The summed E-state index contributed by atoms with van der Waals surface area (Å²) in [6, 6.07) is 8.42. The van der Waals surface area contributed by atoms with E-state index in [1.807, 2.05) is 49.9 Å². The van der Waals surface area contributed by atoms with E-state index in [2.05, 4.69) is 15.6 Å². The van der Waals surface area contributed by atoms with E-state index in [9.17, 15) is 9.59 Å². The molecule has 2 N–H and O–H groups in total. The van der Waals surface area contributed by atoms with Crippen molar-refractivity contribution in [1.29, 1.82) is 0 Å². The molecule has 150 valence electrons. The highest BCUT2D eigenvalue weighted by atomic mass is 32.1. The van der Waals surface area contributed by atoms with Crippen LogP contribution in [0.4, 0.5) is 10.8 Å². The minimum Gasteiger partial charge on any atom is -0.354 e. The maximum absolute atomic E-state index is 12.9. The molecule has 0 radical (unpaired) electrons. The Labute approximate surface area is 170 Å². The minimum atomic E-state index is -0.0904. The van der Waals surface area contributed by atoms with E-state index < -0.39 is 0 Å². The zero-order chi connectivity index (χ0) is 20.1. The van der Waals surface area contributed by atoms with E-state index in [-0.39, 0.29) is 23.9 Å². The topological polar surface area (TPSA) is 74.3 Å². The Kier molecular flexibility index (Phi) is 6.67. The van der Waals surface area contributed by atoms with Crippen LogP contribution in [0, 0.1) is 6.92 Å². The molecule has 0 aliphatic heterocycles. The third kappa shape index (κ3) is 5.55. The molecule has 28 heavy (non-hydrogen) atoms. The van der Waals surface area contributed by atoms with Crippen LogP contribution in [0.5, 0.6) is 0 Å². The van der Waals surface area contributed by atoms with Crippen molar-refractivity contribution in [2.45, 2.75) is 58.5 Å². The monoisotopic (exact) mass is 400 g/mol. The summed E-state index contributed by atoms with van der Waals surface area (Å²) < 4.78 is 0. The molecule has 1 unspecified atom stereocenters. The lowest BCUT2D eigenvalue weighted by molar-refractivity contribution is -0.121. The van der Waals surface area contributed by atoms with E-state index >= 15 is 0 Å². The number of amides is 2. The van der Waals surface area contributed by atoms with Gasteiger partial charge in [0.15, 0.2) is 5.13 Å². The second kappa shape index (κ2) is 9.19. The average Bonchev–Trinajstić information content (AvgIpc) is 3.39. The summed E-state index contributed by atoms with van der Waals surface area (Å²) in [5.41, 5.74) is 2.55. The van der Waals surface area contributed by atoms with Gasteiger partial charge in [0.25, 0.3) is 5.91 Å². The molecular formula is C21H28N4O2S. The fourth-order valence-electron chi connectivity index (χ4n) is 2.93. The quantitative estimate of drug-likeness (QED) is 0.664. The lowest BCUT2D eigenvalue weighted by atomic mass is 10.2. The molecule has 0 saturated heterocycles. The minimum absolute atomic E-state index is 0.00659. The number of nitrogens with one attached hydrogen (secondary N) is 2. The Morgan fingerprint density at radius 1 is 1.36 bits per heavy atom. The van der Waals surface area contributed by atoms with Gasteiger partial charge >= 0.3 is 0 Å². The normalized spacial score (nSPS) is 14.4. The van der Waals surface area contributed by atoms with Gasteiger partial charge in [-0.05, 0) is 50.8 Å². The summed E-state index contributed by atoms with van der Waals surface area (Å²) in [5.74, 6) is -0.0970. The molecule has 1 aromatic heterocycles. The van der Waals surface area contributed by atoms with Crippen LogP contribution in [0.25, 0.3) is 0 Å². The Bertz CT molecular complexity index is 831. The van der Waals surface area contributed by atoms with Crippen molar-refractivity contribution in [3.63, 3.8) is 0 Å². The fourth-order valence-corrected chi connectivity index (χ4v) is 3.63. The first-order chi connectivity index (χ1) is 13.5. The molecule has 1 aliphatic rings. The summed E-state index contributed by atoms with van der Waals surface area (Å²) >= 11 is 1.41. The van der Waals surface area contributed by atoms with Gasteiger partial charge in [-0.1, -0.05) is 19.1 Å². The third-order valence-corrected chi connectivity index (χ3v) is 5.60. The lowest BCUT2D eigenvalue weighted by Crippen LogP contribution is -2.38. The molecular weight excluding hydrogens is 372 g/mol. The van der Waals surface area contributed by atoms with Gasteiger partial charge in [0.1, 0.15) is 5.69 Å². The number of nitrogens with zero attached hydrogens (tertiary/aromatic N) is 2. The van der Waals surface area contributed by atoms with Crippen LogP contribution in [0.2, 0.25) is 0 Å². The van der Waals surface area contributed by atoms with Crippen molar-refractivity contribution in [2.75, 3.05) is 11.9 Å². The number of benzene rings is 1. The number of anilines is 2. The smallest absolute Gasteiger partial charge is 0.273 e. The number of aromatic nitrogens is 1. The number of carbonyl (C=O) groups excluding carboxylic acids is 2. The van der Waals surface area contributed by atoms with Crippen LogP contribution in [0.3, 0.4) is 0 Å². The Morgan fingerprint density at radius 2 is 2.14 bits per heavy atom. The predicted octanol–water partition coefficient (Wildman–Crippen LogP) is 4.10. The number of thiazole rings is 1. The van der Waals surface area contributed by atoms with E-state index in [4.69, 9.17) is 0 Å². The molecule has 0 bridgehead atoms. The molecule has 6 nitrogen and oxygen atoms in total. The SMILES string of the molecule is CCC(C)NC(=O)CCN(C(=O)c1csc(Nc2cccc(C)c2)n1)C1CC1. The van der Waals surface area contributed by atoms with Crippen LogP contribution < -0.4 is 10.6 Å². The number of hydrogen-bond acceptors (Lipinski definition) is 5. The molecule has 3 rings (SSSR count). The van der Waals surface area contributed by atoms with Gasteiger partial charge in [-0.2, -0.15) is 0 Å². The first-order valence-electron chi connectivity index (χ1n) is 9.85. The highest BCUT2D eigenvalue weighted by Crippen LogP contribution is 2.29. The lowest BCUT2D eigenvalue weighted by Gasteiger charge is -2.21. The van der Waals surface area contributed by atoms with Gasteiger partial charge in [0, 0.05) is 36.1 Å². The molecule has 1 aromatic carbocycles. The van der Waals surface area contributed by atoms with Crippen LogP contribution in [0.1, 0.15) is 55.6 Å². The maximum atomic E-state index is 12.9. The van der Waals surface area contributed by atoms with Crippen LogP contribution in [0.15, 0.2) is 29.6 Å². The molecule has 7 heteroatoms. The first-order valence-corrected chi connectivity index (χ1v) is 10.7. The zero-order valence-electron chi connectivity index (χ0n) is 16.7. The number of hydrogen-bond donors (Lipinski definition) is 2. The molecule has 1 fully saturated rings. The van der Waals surface area contributed by atoms with Crippen molar-refractivity contribution < 1.29 is 9.59 Å². The summed E-state index contributed by atoms with van der Waals surface area (Å²) in [7, 11) is 0.